The molecule has 1 N–H and O–H groups in total. The zero-order valence-corrected chi connectivity index (χ0v) is 18.4. The van der Waals surface area contributed by atoms with Crippen molar-refractivity contribution >= 4 is 5.91 Å². The molecule has 0 saturated carbocycles. The monoisotopic (exact) mass is 398 g/mol. The van der Waals surface area contributed by atoms with E-state index in [-0.39, 0.29) is 5.91 Å². The number of aliphatic hydroxyl groups is 1. The number of carbonyl (C=O) groups excluding carboxylic acids is 1. The zero-order chi connectivity index (χ0) is 21.2. The molecule has 1 aromatic heterocycles. The van der Waals surface area contributed by atoms with Crippen molar-refractivity contribution in [3.8, 4) is 0 Å². The molecule has 1 fully saturated rings. The van der Waals surface area contributed by atoms with E-state index >= 15 is 0 Å². The van der Waals surface area contributed by atoms with Gasteiger partial charge in [0.1, 0.15) is 0 Å². The molecule has 6 nitrogen and oxygen atoms in total. The maximum absolute atomic E-state index is 13.1. The van der Waals surface area contributed by atoms with Crippen LogP contribution >= 0.6 is 0 Å². The van der Waals surface area contributed by atoms with E-state index in [1.165, 1.54) is 5.56 Å². The van der Waals surface area contributed by atoms with E-state index in [1.807, 2.05) is 32.1 Å². The van der Waals surface area contributed by atoms with E-state index in [0.717, 1.165) is 23.2 Å². The lowest BCUT2D eigenvalue weighted by atomic mass is 9.90. The van der Waals surface area contributed by atoms with Crippen molar-refractivity contribution in [2.45, 2.75) is 58.2 Å². The third-order valence-electron chi connectivity index (χ3n) is 5.81. The first-order valence-electron chi connectivity index (χ1n) is 10.5. The second-order valence-electron chi connectivity index (χ2n) is 8.84. The van der Waals surface area contributed by atoms with Crippen LogP contribution in [-0.4, -0.2) is 56.3 Å². The van der Waals surface area contributed by atoms with Crippen LogP contribution in [0.25, 0.3) is 0 Å². The third kappa shape index (κ3) is 5.06. The number of aromatic nitrogens is 2. The summed E-state index contributed by atoms with van der Waals surface area (Å²) in [5.41, 5.74) is 3.16. The number of likely N-dealkylation sites (N-methyl/N-ethyl adjacent to an activating group) is 1. The smallest absolute Gasteiger partial charge is 0.256 e. The number of hydrogen-bond acceptors (Lipinski definition) is 4. The van der Waals surface area contributed by atoms with Crippen molar-refractivity contribution in [2.24, 2.45) is 7.05 Å². The molecule has 1 aliphatic rings. The molecule has 3 rings (SSSR count). The van der Waals surface area contributed by atoms with Crippen LogP contribution in [0.2, 0.25) is 0 Å². The van der Waals surface area contributed by atoms with E-state index in [1.54, 1.807) is 9.58 Å². The fraction of sp³-hybridized carbons (Fsp3) is 0.565. The SMILES string of the molecule is Cc1nn(C)cc1CN(C)C[C@]1(O)CCCN(Cc2ccc(C(C)C)cc2)C1=O. The first-order valence-corrected chi connectivity index (χ1v) is 10.5. The minimum absolute atomic E-state index is 0.161. The number of carbonyl (C=O) groups is 1. The molecule has 0 unspecified atom stereocenters. The highest BCUT2D eigenvalue weighted by molar-refractivity contribution is 5.86. The van der Waals surface area contributed by atoms with E-state index in [0.29, 0.717) is 38.5 Å². The Morgan fingerprint density at radius 3 is 2.55 bits per heavy atom. The van der Waals surface area contributed by atoms with Crippen molar-refractivity contribution in [3.63, 3.8) is 0 Å². The van der Waals surface area contributed by atoms with E-state index in [4.69, 9.17) is 0 Å². The van der Waals surface area contributed by atoms with Crippen LogP contribution in [0.3, 0.4) is 0 Å². The first kappa shape index (κ1) is 21.5. The predicted octanol–water partition coefficient (Wildman–Crippen LogP) is 2.84. The number of amides is 1. The largest absolute Gasteiger partial charge is 0.379 e. The highest BCUT2D eigenvalue weighted by Gasteiger charge is 2.42. The molecule has 1 aliphatic heterocycles. The summed E-state index contributed by atoms with van der Waals surface area (Å²) in [5.74, 6) is 0.330. The summed E-state index contributed by atoms with van der Waals surface area (Å²) in [6, 6.07) is 8.44. The Bertz CT molecular complexity index is 843. The van der Waals surface area contributed by atoms with Gasteiger partial charge in [-0.15, -0.1) is 0 Å². The fourth-order valence-electron chi connectivity index (χ4n) is 4.19. The summed E-state index contributed by atoms with van der Waals surface area (Å²) < 4.78 is 1.80. The maximum Gasteiger partial charge on any atom is 0.256 e. The van der Waals surface area contributed by atoms with E-state index in [9.17, 15) is 9.90 Å². The van der Waals surface area contributed by atoms with Crippen molar-refractivity contribution in [1.82, 2.24) is 19.6 Å². The van der Waals surface area contributed by atoms with Gasteiger partial charge in [-0.3, -0.25) is 14.4 Å². The fourth-order valence-corrected chi connectivity index (χ4v) is 4.19. The summed E-state index contributed by atoms with van der Waals surface area (Å²) >= 11 is 0. The highest BCUT2D eigenvalue weighted by Crippen LogP contribution is 2.26. The first-order chi connectivity index (χ1) is 13.7. The molecule has 158 valence electrons. The lowest BCUT2D eigenvalue weighted by Gasteiger charge is -2.40. The third-order valence-corrected chi connectivity index (χ3v) is 5.81. The minimum atomic E-state index is -1.33. The number of piperidine rings is 1. The molecule has 1 aromatic carbocycles. The second kappa shape index (κ2) is 8.67. The molecule has 1 amide bonds. The highest BCUT2D eigenvalue weighted by atomic mass is 16.3. The molecule has 0 spiro atoms. The number of likely N-dealkylation sites (tertiary alicyclic amines) is 1. The number of nitrogens with zero attached hydrogens (tertiary/aromatic N) is 4. The van der Waals surface area contributed by atoms with Crippen LogP contribution in [0.15, 0.2) is 30.5 Å². The van der Waals surface area contributed by atoms with Gasteiger partial charge < -0.3 is 10.0 Å². The van der Waals surface area contributed by atoms with Gasteiger partial charge >= 0.3 is 0 Å². The van der Waals surface area contributed by atoms with Gasteiger partial charge in [0.2, 0.25) is 0 Å². The summed E-state index contributed by atoms with van der Waals surface area (Å²) in [6.45, 7) is 8.55. The number of benzene rings is 1. The normalized spacial score (nSPS) is 20.1. The van der Waals surface area contributed by atoms with E-state index < -0.39 is 5.60 Å². The van der Waals surface area contributed by atoms with Gasteiger partial charge in [0, 0.05) is 45.0 Å². The molecule has 6 heteroatoms. The maximum atomic E-state index is 13.1. The Hall–Kier alpha value is -2.18. The van der Waals surface area contributed by atoms with Gasteiger partial charge in [0.25, 0.3) is 5.91 Å². The lowest BCUT2D eigenvalue weighted by Crippen LogP contribution is -2.57. The van der Waals surface area contributed by atoms with Crippen LogP contribution < -0.4 is 0 Å². The summed E-state index contributed by atoms with van der Waals surface area (Å²) in [7, 11) is 3.85. The minimum Gasteiger partial charge on any atom is -0.379 e. The zero-order valence-electron chi connectivity index (χ0n) is 18.4. The summed E-state index contributed by atoms with van der Waals surface area (Å²) in [6.07, 6.45) is 3.31. The Morgan fingerprint density at radius 1 is 1.28 bits per heavy atom. The molecule has 1 atom stereocenters. The molecular weight excluding hydrogens is 364 g/mol. The predicted molar refractivity (Wildman–Crippen MR) is 114 cm³/mol. The Balaban J connectivity index is 1.64. The van der Waals surface area contributed by atoms with Gasteiger partial charge in [-0.05, 0) is 43.9 Å². The molecule has 1 saturated heterocycles. The molecule has 2 aromatic rings. The van der Waals surface area contributed by atoms with Crippen molar-refractivity contribution < 1.29 is 9.90 Å². The van der Waals surface area contributed by atoms with Crippen LogP contribution in [0.1, 0.15) is 55.0 Å². The Morgan fingerprint density at radius 2 is 1.97 bits per heavy atom. The standard InChI is InChI=1S/C23H34N4O2/c1-17(2)20-9-7-19(8-10-20)13-27-12-6-11-23(29,22(27)28)16-25(4)14-21-15-26(5)24-18(21)3/h7-10,15,17,29H,6,11-14,16H2,1-5H3/t23-/m1/s1. The second-order valence-corrected chi connectivity index (χ2v) is 8.84. The van der Waals surface area contributed by atoms with Gasteiger partial charge in [-0.25, -0.2) is 0 Å². The van der Waals surface area contributed by atoms with Crippen LogP contribution in [0.5, 0.6) is 0 Å². The van der Waals surface area contributed by atoms with Crippen LogP contribution in [0.4, 0.5) is 0 Å². The van der Waals surface area contributed by atoms with Crippen LogP contribution in [0, 0.1) is 6.92 Å². The van der Waals surface area contributed by atoms with Gasteiger partial charge in [-0.2, -0.15) is 5.10 Å². The topological polar surface area (TPSA) is 61.6 Å². The van der Waals surface area contributed by atoms with Gasteiger partial charge in [0.15, 0.2) is 5.60 Å². The van der Waals surface area contributed by atoms with Crippen molar-refractivity contribution in [3.05, 3.63) is 52.8 Å². The van der Waals surface area contributed by atoms with Crippen molar-refractivity contribution in [2.75, 3.05) is 20.1 Å². The number of hydrogen-bond donors (Lipinski definition) is 1. The van der Waals surface area contributed by atoms with Crippen molar-refractivity contribution in [1.29, 1.82) is 0 Å². The summed E-state index contributed by atoms with van der Waals surface area (Å²) in [4.78, 5) is 16.9. The molecule has 0 aliphatic carbocycles. The summed E-state index contributed by atoms with van der Waals surface area (Å²) in [5, 5.41) is 15.5. The molecule has 0 bridgehead atoms. The average Bonchev–Trinajstić information content (AvgIpc) is 2.96. The molecule has 29 heavy (non-hydrogen) atoms. The van der Waals surface area contributed by atoms with E-state index in [2.05, 4.69) is 43.2 Å². The quantitative estimate of drug-likeness (QED) is 0.779. The van der Waals surface area contributed by atoms with Gasteiger partial charge in [-0.1, -0.05) is 38.1 Å². The molecular formula is C23H34N4O2. The lowest BCUT2D eigenvalue weighted by molar-refractivity contribution is -0.160. The Kier molecular flexibility index (Phi) is 6.44. The molecule has 2 heterocycles. The molecule has 0 radical (unpaired) electrons. The Labute approximate surface area is 174 Å². The average molecular weight is 399 g/mol. The number of aryl methyl sites for hydroxylation is 2. The van der Waals surface area contributed by atoms with Gasteiger partial charge in [0.05, 0.1) is 5.69 Å². The number of rotatable bonds is 7. The van der Waals surface area contributed by atoms with Crippen LogP contribution in [-0.2, 0) is 24.9 Å².